The van der Waals surface area contributed by atoms with Crippen molar-refractivity contribution in [2.45, 2.75) is 45.4 Å². The van der Waals surface area contributed by atoms with Gasteiger partial charge in [0.05, 0.1) is 18.1 Å². The number of fused-ring (bicyclic) bond motifs is 1. The molecular formula is C27H29F3N4O2. The van der Waals surface area contributed by atoms with E-state index in [1.807, 2.05) is 30.3 Å². The van der Waals surface area contributed by atoms with E-state index >= 15 is 0 Å². The summed E-state index contributed by atoms with van der Waals surface area (Å²) in [5.74, 6) is 1.74. The van der Waals surface area contributed by atoms with Crippen molar-refractivity contribution in [1.82, 2.24) is 15.0 Å². The molecule has 0 radical (unpaired) electrons. The average Bonchev–Trinajstić information content (AvgIpc) is 3.27. The third-order valence-electron chi connectivity index (χ3n) is 6.00. The van der Waals surface area contributed by atoms with Crippen LogP contribution in [0.4, 0.5) is 24.8 Å². The van der Waals surface area contributed by atoms with E-state index in [9.17, 15) is 13.2 Å². The quantitative estimate of drug-likeness (QED) is 0.293. The summed E-state index contributed by atoms with van der Waals surface area (Å²) in [5, 5.41) is 3.03. The van der Waals surface area contributed by atoms with E-state index in [4.69, 9.17) is 4.74 Å². The SMILES string of the molecule is CC1CCCCC1.COc1cc(-c2ccc3nc(Nc4ccc(OC(F)(F)F)cc4)[nH]c3c2)ccn1. The molecule has 6 nitrogen and oxygen atoms in total. The molecule has 190 valence electrons. The first-order valence-electron chi connectivity index (χ1n) is 11.9. The van der Waals surface area contributed by atoms with Gasteiger partial charge in [0.25, 0.3) is 0 Å². The Morgan fingerprint density at radius 1 is 0.944 bits per heavy atom. The number of methoxy groups -OCH3 is 1. The van der Waals surface area contributed by atoms with Crippen molar-refractivity contribution in [2.75, 3.05) is 12.4 Å². The van der Waals surface area contributed by atoms with E-state index < -0.39 is 6.36 Å². The van der Waals surface area contributed by atoms with Crippen LogP contribution in [0.2, 0.25) is 0 Å². The molecule has 0 spiro atoms. The zero-order valence-corrected chi connectivity index (χ0v) is 20.2. The van der Waals surface area contributed by atoms with Crippen molar-refractivity contribution in [3.63, 3.8) is 0 Å². The maximum absolute atomic E-state index is 12.2. The van der Waals surface area contributed by atoms with E-state index in [1.54, 1.807) is 13.3 Å². The summed E-state index contributed by atoms with van der Waals surface area (Å²) in [4.78, 5) is 11.7. The van der Waals surface area contributed by atoms with Gasteiger partial charge in [-0.1, -0.05) is 45.1 Å². The number of nitrogens with one attached hydrogen (secondary N) is 2. The number of imidazole rings is 1. The highest BCUT2D eigenvalue weighted by atomic mass is 19.4. The lowest BCUT2D eigenvalue weighted by molar-refractivity contribution is -0.274. The van der Waals surface area contributed by atoms with Crippen LogP contribution in [0.1, 0.15) is 39.0 Å². The molecule has 9 heteroatoms. The fourth-order valence-corrected chi connectivity index (χ4v) is 4.13. The molecule has 1 fully saturated rings. The summed E-state index contributed by atoms with van der Waals surface area (Å²) in [6, 6.07) is 14.9. The van der Waals surface area contributed by atoms with E-state index in [0.29, 0.717) is 17.5 Å². The van der Waals surface area contributed by atoms with Crippen molar-refractivity contribution < 1.29 is 22.6 Å². The minimum atomic E-state index is -4.72. The van der Waals surface area contributed by atoms with Gasteiger partial charge < -0.3 is 19.8 Å². The van der Waals surface area contributed by atoms with Gasteiger partial charge in [-0.15, -0.1) is 13.2 Å². The Bertz CT molecular complexity index is 1270. The molecule has 2 aromatic heterocycles. The van der Waals surface area contributed by atoms with Crippen LogP contribution in [-0.4, -0.2) is 28.4 Å². The first-order chi connectivity index (χ1) is 17.3. The lowest BCUT2D eigenvalue weighted by Crippen LogP contribution is -2.16. The number of hydrogen-bond donors (Lipinski definition) is 2. The second-order valence-electron chi connectivity index (χ2n) is 8.84. The Balaban J connectivity index is 0.000000375. The van der Waals surface area contributed by atoms with Crippen LogP contribution in [0.15, 0.2) is 60.8 Å². The maximum Gasteiger partial charge on any atom is 0.573 e. The smallest absolute Gasteiger partial charge is 0.481 e. The summed E-state index contributed by atoms with van der Waals surface area (Å²) >= 11 is 0. The normalized spacial score (nSPS) is 14.1. The number of hydrogen-bond acceptors (Lipinski definition) is 5. The molecule has 4 aromatic rings. The van der Waals surface area contributed by atoms with Crippen LogP contribution >= 0.6 is 0 Å². The van der Waals surface area contributed by atoms with Gasteiger partial charge in [-0.05, 0) is 59.5 Å². The van der Waals surface area contributed by atoms with Gasteiger partial charge in [-0.3, -0.25) is 0 Å². The standard InChI is InChI=1S/C20H15F3N4O2.C7H14/c1-28-18-11-13(8-9-24-18)12-2-7-16-17(10-12)27-19(26-16)25-14-3-5-15(6-4-14)29-20(21,22)23;1-7-5-3-2-4-6-7/h2-11H,1H3,(H2,25,26,27);7H,2-6H2,1H3. The Labute approximate surface area is 207 Å². The Hall–Kier alpha value is -3.75. The molecule has 1 saturated carbocycles. The van der Waals surface area contributed by atoms with Crippen molar-refractivity contribution in [2.24, 2.45) is 5.92 Å². The molecule has 0 amide bonds. The van der Waals surface area contributed by atoms with Crippen LogP contribution in [0, 0.1) is 5.92 Å². The lowest BCUT2D eigenvalue weighted by Gasteiger charge is -2.15. The van der Waals surface area contributed by atoms with Crippen molar-refractivity contribution in [1.29, 1.82) is 0 Å². The largest absolute Gasteiger partial charge is 0.573 e. The highest BCUT2D eigenvalue weighted by Gasteiger charge is 2.30. The predicted molar refractivity (Wildman–Crippen MR) is 135 cm³/mol. The molecule has 1 aliphatic carbocycles. The van der Waals surface area contributed by atoms with Crippen LogP contribution < -0.4 is 14.8 Å². The zero-order valence-electron chi connectivity index (χ0n) is 20.2. The molecular weight excluding hydrogens is 469 g/mol. The highest BCUT2D eigenvalue weighted by molar-refractivity contribution is 5.84. The van der Waals surface area contributed by atoms with Crippen LogP contribution in [0.3, 0.4) is 0 Å². The number of aromatic amines is 1. The number of H-pyrrole nitrogens is 1. The van der Waals surface area contributed by atoms with Crippen LogP contribution in [-0.2, 0) is 0 Å². The monoisotopic (exact) mass is 498 g/mol. The molecule has 5 rings (SSSR count). The molecule has 2 aromatic carbocycles. The summed E-state index contributed by atoms with van der Waals surface area (Å²) in [6.07, 6.45) is 4.39. The van der Waals surface area contributed by atoms with E-state index in [2.05, 4.69) is 31.9 Å². The van der Waals surface area contributed by atoms with Gasteiger partial charge in [-0.25, -0.2) is 9.97 Å². The number of benzene rings is 2. The molecule has 0 aliphatic heterocycles. The first-order valence-corrected chi connectivity index (χ1v) is 11.9. The second-order valence-corrected chi connectivity index (χ2v) is 8.84. The van der Waals surface area contributed by atoms with Gasteiger partial charge in [0.2, 0.25) is 11.8 Å². The van der Waals surface area contributed by atoms with Crippen molar-refractivity contribution in [3.8, 4) is 22.8 Å². The number of nitrogens with zero attached hydrogens (tertiary/aromatic N) is 2. The maximum atomic E-state index is 12.2. The summed E-state index contributed by atoms with van der Waals surface area (Å²) < 4.78 is 45.7. The predicted octanol–water partition coefficient (Wildman–Crippen LogP) is 7.86. The summed E-state index contributed by atoms with van der Waals surface area (Å²) in [6.45, 7) is 2.36. The van der Waals surface area contributed by atoms with Gasteiger partial charge in [0.1, 0.15) is 5.75 Å². The highest BCUT2D eigenvalue weighted by Crippen LogP contribution is 2.28. The fraction of sp³-hybridized carbons (Fsp3) is 0.333. The van der Waals surface area contributed by atoms with Crippen LogP contribution in [0.5, 0.6) is 11.6 Å². The third-order valence-corrected chi connectivity index (χ3v) is 6.00. The van der Waals surface area contributed by atoms with E-state index in [1.165, 1.54) is 56.4 Å². The zero-order chi connectivity index (χ0) is 25.5. The average molecular weight is 499 g/mol. The van der Waals surface area contributed by atoms with Gasteiger partial charge in [-0.2, -0.15) is 0 Å². The lowest BCUT2D eigenvalue weighted by atomic mass is 9.91. The Morgan fingerprint density at radius 3 is 2.31 bits per heavy atom. The first kappa shape index (κ1) is 25.3. The van der Waals surface area contributed by atoms with Crippen molar-refractivity contribution in [3.05, 3.63) is 60.8 Å². The summed E-state index contributed by atoms with van der Waals surface area (Å²) in [5.41, 5.74) is 4.02. The van der Waals surface area contributed by atoms with E-state index in [0.717, 1.165) is 28.1 Å². The van der Waals surface area contributed by atoms with Crippen molar-refractivity contribution >= 4 is 22.7 Å². The van der Waals surface area contributed by atoms with E-state index in [-0.39, 0.29) is 5.75 Å². The van der Waals surface area contributed by atoms with Gasteiger partial charge in [0, 0.05) is 18.0 Å². The number of alkyl halides is 3. The molecule has 0 unspecified atom stereocenters. The third kappa shape index (κ3) is 7.13. The number of aromatic nitrogens is 3. The summed E-state index contributed by atoms with van der Waals surface area (Å²) in [7, 11) is 1.56. The number of halogens is 3. The molecule has 1 aliphatic rings. The molecule has 0 atom stereocenters. The number of rotatable bonds is 5. The van der Waals surface area contributed by atoms with Crippen LogP contribution in [0.25, 0.3) is 22.2 Å². The number of ether oxygens (including phenoxy) is 2. The minimum absolute atomic E-state index is 0.287. The fourth-order valence-electron chi connectivity index (χ4n) is 4.13. The molecule has 0 bridgehead atoms. The molecule has 0 saturated heterocycles. The number of pyridine rings is 1. The minimum Gasteiger partial charge on any atom is -0.481 e. The topological polar surface area (TPSA) is 72.1 Å². The van der Waals surface area contributed by atoms with Gasteiger partial charge in [0.15, 0.2) is 0 Å². The molecule has 36 heavy (non-hydrogen) atoms. The number of anilines is 2. The Kier molecular flexibility index (Phi) is 7.97. The molecule has 2 N–H and O–H groups in total. The van der Waals surface area contributed by atoms with Gasteiger partial charge >= 0.3 is 6.36 Å². The second kappa shape index (κ2) is 11.3. The Morgan fingerprint density at radius 2 is 1.67 bits per heavy atom. The molecule has 2 heterocycles.